The minimum atomic E-state index is -0.296. The number of methoxy groups -OCH3 is 1. The van der Waals surface area contributed by atoms with Crippen molar-refractivity contribution in [3.63, 3.8) is 0 Å². The number of carbonyl (C=O) groups excluding carboxylic acids is 2. The van der Waals surface area contributed by atoms with Gasteiger partial charge >= 0.3 is 0 Å². The molecule has 0 saturated carbocycles. The van der Waals surface area contributed by atoms with Crippen LogP contribution in [0.15, 0.2) is 41.2 Å². The first-order valence-corrected chi connectivity index (χ1v) is 8.81. The molecule has 0 unspecified atom stereocenters. The summed E-state index contributed by atoms with van der Waals surface area (Å²) in [6, 6.07) is 10.4. The Morgan fingerprint density at radius 3 is 2.22 bits per heavy atom. The van der Waals surface area contributed by atoms with Crippen LogP contribution in [0.25, 0.3) is 0 Å². The predicted molar refractivity (Wildman–Crippen MR) is 101 cm³/mol. The van der Waals surface area contributed by atoms with Crippen molar-refractivity contribution in [3.05, 3.63) is 63.6 Å². The zero-order valence-electron chi connectivity index (χ0n) is 15.8. The molecule has 0 N–H and O–H groups in total. The zero-order chi connectivity index (χ0) is 19.6. The first-order valence-electron chi connectivity index (χ1n) is 8.81. The van der Waals surface area contributed by atoms with Gasteiger partial charge in [-0.15, -0.1) is 0 Å². The molecule has 1 aromatic heterocycles. The minimum absolute atomic E-state index is 0.0905. The first kappa shape index (κ1) is 18.7. The average Bonchev–Trinajstić information content (AvgIpc) is 2.71. The van der Waals surface area contributed by atoms with Crippen LogP contribution in [0.1, 0.15) is 26.4 Å². The van der Waals surface area contributed by atoms with E-state index in [1.165, 1.54) is 4.57 Å². The van der Waals surface area contributed by atoms with Crippen LogP contribution in [0.4, 0.5) is 0 Å². The molecule has 2 amide bonds. The molecule has 0 aliphatic carbocycles. The summed E-state index contributed by atoms with van der Waals surface area (Å²) >= 11 is 0. The number of aryl methyl sites for hydroxylation is 1. The van der Waals surface area contributed by atoms with Crippen molar-refractivity contribution in [1.29, 1.82) is 0 Å². The number of amides is 2. The van der Waals surface area contributed by atoms with Gasteiger partial charge in [0.15, 0.2) is 0 Å². The van der Waals surface area contributed by atoms with Crippen LogP contribution in [0.5, 0.6) is 5.75 Å². The van der Waals surface area contributed by atoms with Crippen molar-refractivity contribution >= 4 is 11.8 Å². The number of rotatable bonds is 3. The lowest BCUT2D eigenvalue weighted by Crippen LogP contribution is -2.51. The molecule has 1 aliphatic heterocycles. The van der Waals surface area contributed by atoms with Gasteiger partial charge in [0.25, 0.3) is 17.4 Å². The molecule has 7 heteroatoms. The van der Waals surface area contributed by atoms with E-state index in [1.807, 2.05) is 6.92 Å². The molecule has 0 bridgehead atoms. The minimum Gasteiger partial charge on any atom is -0.497 e. The highest BCUT2D eigenvalue weighted by Gasteiger charge is 2.27. The Morgan fingerprint density at radius 1 is 0.963 bits per heavy atom. The second-order valence-electron chi connectivity index (χ2n) is 6.57. The Balaban J connectivity index is 1.68. The topological polar surface area (TPSA) is 71.8 Å². The Labute approximate surface area is 157 Å². The summed E-state index contributed by atoms with van der Waals surface area (Å²) < 4.78 is 6.63. The van der Waals surface area contributed by atoms with Crippen LogP contribution < -0.4 is 10.3 Å². The fourth-order valence-electron chi connectivity index (χ4n) is 3.11. The van der Waals surface area contributed by atoms with E-state index in [9.17, 15) is 14.4 Å². The van der Waals surface area contributed by atoms with Crippen LogP contribution in [-0.2, 0) is 7.05 Å². The Hall–Kier alpha value is -3.09. The predicted octanol–water partition coefficient (Wildman–Crippen LogP) is 1.30. The Kier molecular flexibility index (Phi) is 5.30. The number of aromatic nitrogens is 1. The molecule has 142 valence electrons. The molecule has 27 heavy (non-hydrogen) atoms. The number of hydrogen-bond acceptors (Lipinski definition) is 4. The van der Waals surface area contributed by atoms with Crippen molar-refractivity contribution in [2.75, 3.05) is 33.3 Å². The molecule has 0 atom stereocenters. The van der Waals surface area contributed by atoms with E-state index in [4.69, 9.17) is 4.74 Å². The van der Waals surface area contributed by atoms with Crippen molar-refractivity contribution in [3.8, 4) is 5.75 Å². The summed E-state index contributed by atoms with van der Waals surface area (Å²) in [6.07, 6.45) is 0. The molecular weight excluding hydrogens is 346 g/mol. The summed E-state index contributed by atoms with van der Waals surface area (Å²) in [5.41, 5.74) is 1.22. The maximum atomic E-state index is 12.7. The lowest BCUT2D eigenvalue weighted by Gasteiger charge is -2.34. The number of piperazine rings is 1. The summed E-state index contributed by atoms with van der Waals surface area (Å²) in [6.45, 7) is 3.46. The molecular formula is C20H23N3O4. The number of benzene rings is 1. The number of nitrogens with zero attached hydrogens (tertiary/aromatic N) is 3. The van der Waals surface area contributed by atoms with E-state index >= 15 is 0 Å². The Bertz CT molecular complexity index is 927. The highest BCUT2D eigenvalue weighted by Crippen LogP contribution is 2.16. The van der Waals surface area contributed by atoms with Crippen molar-refractivity contribution in [1.82, 2.24) is 14.4 Å². The summed E-state index contributed by atoms with van der Waals surface area (Å²) in [7, 11) is 3.21. The Morgan fingerprint density at radius 2 is 1.59 bits per heavy atom. The van der Waals surface area contributed by atoms with Gasteiger partial charge in [0.05, 0.1) is 7.11 Å². The third kappa shape index (κ3) is 3.72. The van der Waals surface area contributed by atoms with Crippen LogP contribution in [0.3, 0.4) is 0 Å². The molecule has 1 aromatic carbocycles. The van der Waals surface area contributed by atoms with Crippen LogP contribution >= 0.6 is 0 Å². The van der Waals surface area contributed by atoms with Gasteiger partial charge < -0.3 is 19.1 Å². The lowest BCUT2D eigenvalue weighted by atomic mass is 10.1. The van der Waals surface area contributed by atoms with Gasteiger partial charge in [-0.05, 0) is 37.3 Å². The number of ether oxygens (including phenoxy) is 1. The average molecular weight is 369 g/mol. The second kappa shape index (κ2) is 7.65. The second-order valence-corrected chi connectivity index (χ2v) is 6.57. The summed E-state index contributed by atoms with van der Waals surface area (Å²) in [4.78, 5) is 41.0. The van der Waals surface area contributed by atoms with Gasteiger partial charge in [-0.2, -0.15) is 0 Å². The third-order valence-corrected chi connectivity index (χ3v) is 4.96. The zero-order valence-corrected chi connectivity index (χ0v) is 15.8. The number of hydrogen-bond donors (Lipinski definition) is 0. The molecule has 2 heterocycles. The van der Waals surface area contributed by atoms with E-state index in [0.29, 0.717) is 37.5 Å². The third-order valence-electron chi connectivity index (χ3n) is 4.96. The van der Waals surface area contributed by atoms with Gasteiger partial charge in [0.1, 0.15) is 11.3 Å². The first-order chi connectivity index (χ1) is 12.9. The van der Waals surface area contributed by atoms with Crippen molar-refractivity contribution < 1.29 is 14.3 Å². The largest absolute Gasteiger partial charge is 0.497 e. The van der Waals surface area contributed by atoms with Crippen LogP contribution in [0.2, 0.25) is 0 Å². The monoisotopic (exact) mass is 369 g/mol. The normalized spacial score (nSPS) is 14.2. The number of carbonyl (C=O) groups is 2. The van der Waals surface area contributed by atoms with Crippen LogP contribution in [0, 0.1) is 6.92 Å². The molecule has 1 aliphatic rings. The fraction of sp³-hybridized carbons (Fsp3) is 0.350. The molecule has 0 radical (unpaired) electrons. The van der Waals surface area contributed by atoms with Gasteiger partial charge in [-0.3, -0.25) is 14.4 Å². The number of pyridine rings is 1. The highest BCUT2D eigenvalue weighted by molar-refractivity contribution is 5.96. The molecule has 3 rings (SSSR count). The van der Waals surface area contributed by atoms with E-state index in [-0.39, 0.29) is 22.9 Å². The van der Waals surface area contributed by atoms with E-state index < -0.39 is 0 Å². The van der Waals surface area contributed by atoms with E-state index in [2.05, 4.69) is 0 Å². The molecule has 1 fully saturated rings. The molecule has 2 aromatic rings. The molecule has 7 nitrogen and oxygen atoms in total. The fourth-order valence-corrected chi connectivity index (χ4v) is 3.11. The van der Waals surface area contributed by atoms with E-state index in [0.717, 1.165) is 5.69 Å². The van der Waals surface area contributed by atoms with Crippen LogP contribution in [-0.4, -0.2) is 59.5 Å². The maximum absolute atomic E-state index is 12.7. The van der Waals surface area contributed by atoms with E-state index in [1.54, 1.807) is 60.4 Å². The quantitative estimate of drug-likeness (QED) is 0.818. The molecule has 1 saturated heterocycles. The maximum Gasteiger partial charge on any atom is 0.263 e. The van der Waals surface area contributed by atoms with Gasteiger partial charge in [0, 0.05) is 44.5 Å². The summed E-state index contributed by atoms with van der Waals surface area (Å²) in [5, 5.41) is 0. The summed E-state index contributed by atoms with van der Waals surface area (Å²) in [5.74, 6) is 0.251. The highest BCUT2D eigenvalue weighted by atomic mass is 16.5. The standard InChI is InChI=1S/C20H23N3O4/c1-14-7-8-17(19(25)21(14)2)20(26)23-11-9-22(10-12-23)18(24)15-5-4-6-16(13-15)27-3/h4-8,13H,9-12H2,1-3H3. The van der Waals surface area contributed by atoms with Gasteiger partial charge in [-0.25, -0.2) is 0 Å². The van der Waals surface area contributed by atoms with Crippen molar-refractivity contribution in [2.45, 2.75) is 6.92 Å². The van der Waals surface area contributed by atoms with Gasteiger partial charge in [-0.1, -0.05) is 6.07 Å². The lowest BCUT2D eigenvalue weighted by molar-refractivity contribution is 0.0534. The SMILES string of the molecule is COc1cccc(C(=O)N2CCN(C(=O)c3ccc(C)n(C)c3=O)CC2)c1. The smallest absolute Gasteiger partial charge is 0.263 e. The molecule has 0 spiro atoms. The van der Waals surface area contributed by atoms with Crippen molar-refractivity contribution in [2.24, 2.45) is 7.05 Å². The van der Waals surface area contributed by atoms with Gasteiger partial charge in [0.2, 0.25) is 0 Å².